The highest BCUT2D eigenvalue weighted by atomic mass is 16.5. The first-order chi connectivity index (χ1) is 12.8. The van der Waals surface area contributed by atoms with Gasteiger partial charge < -0.3 is 19.5 Å². The highest BCUT2D eigenvalue weighted by molar-refractivity contribution is 6.37. The molecule has 0 spiro atoms. The van der Waals surface area contributed by atoms with Crippen LogP contribution in [-0.4, -0.2) is 26.1 Å². The summed E-state index contributed by atoms with van der Waals surface area (Å²) >= 11 is 0. The maximum Gasteiger partial charge on any atom is 0.396 e. The Hall–Kier alpha value is -3.02. The quantitative estimate of drug-likeness (QED) is 0.625. The van der Waals surface area contributed by atoms with E-state index >= 15 is 0 Å². The molecular formula is C21H25NO5. The van der Waals surface area contributed by atoms with E-state index in [-0.39, 0.29) is 0 Å². The Balaban J connectivity index is 2.30. The van der Waals surface area contributed by atoms with Crippen molar-refractivity contribution in [2.24, 2.45) is 0 Å². The maximum atomic E-state index is 11.7. The van der Waals surface area contributed by atoms with Crippen LogP contribution in [0.5, 0.6) is 17.2 Å². The molecule has 1 amide bonds. The summed E-state index contributed by atoms with van der Waals surface area (Å²) < 4.78 is 16.0. The molecule has 0 unspecified atom stereocenters. The number of carbonyl (C=O) groups excluding carboxylic acids is 2. The van der Waals surface area contributed by atoms with E-state index in [0.717, 1.165) is 23.8 Å². The molecule has 2 rings (SSSR count). The van der Waals surface area contributed by atoms with E-state index in [0.29, 0.717) is 28.9 Å². The maximum absolute atomic E-state index is 11.7. The summed E-state index contributed by atoms with van der Waals surface area (Å²) in [5.41, 5.74) is 3.28. The molecule has 1 N–H and O–H groups in total. The Bertz CT molecular complexity index is 835. The Kier molecular flexibility index (Phi) is 6.45. The van der Waals surface area contributed by atoms with Gasteiger partial charge in [-0.05, 0) is 60.7 Å². The van der Waals surface area contributed by atoms with Crippen molar-refractivity contribution in [1.29, 1.82) is 0 Å². The number of hydrogen-bond acceptors (Lipinski definition) is 5. The topological polar surface area (TPSA) is 73.9 Å². The van der Waals surface area contributed by atoms with E-state index in [9.17, 15) is 9.59 Å². The molecule has 6 heteroatoms. The van der Waals surface area contributed by atoms with Gasteiger partial charge in [-0.3, -0.25) is 4.79 Å². The van der Waals surface area contributed by atoms with Gasteiger partial charge >= 0.3 is 11.9 Å². The van der Waals surface area contributed by atoms with Gasteiger partial charge in [-0.15, -0.1) is 0 Å². The molecular weight excluding hydrogens is 346 g/mol. The van der Waals surface area contributed by atoms with Crippen molar-refractivity contribution in [1.82, 2.24) is 0 Å². The summed E-state index contributed by atoms with van der Waals surface area (Å²) in [6.45, 7) is 7.96. The second-order valence-corrected chi connectivity index (χ2v) is 6.55. The van der Waals surface area contributed by atoms with Crippen molar-refractivity contribution < 1.29 is 23.8 Å². The summed E-state index contributed by atoms with van der Waals surface area (Å²) in [4.78, 5) is 22.9. The molecule has 0 radical (unpaired) electrons. The van der Waals surface area contributed by atoms with E-state index in [1.54, 1.807) is 19.2 Å². The molecule has 0 aliphatic heterocycles. The number of hydrogen-bond donors (Lipinski definition) is 1. The van der Waals surface area contributed by atoms with Crippen molar-refractivity contribution in [2.75, 3.05) is 19.5 Å². The van der Waals surface area contributed by atoms with Crippen molar-refractivity contribution >= 4 is 17.6 Å². The third-order valence-electron chi connectivity index (χ3n) is 4.16. The second kappa shape index (κ2) is 8.58. The number of esters is 1. The number of benzene rings is 2. The molecule has 0 aliphatic rings. The van der Waals surface area contributed by atoms with Gasteiger partial charge in [0, 0.05) is 5.69 Å². The lowest BCUT2D eigenvalue weighted by molar-refractivity contribution is -0.150. The standard InChI is InChI=1S/C21H25NO5/c1-12(2)15-7-8-17(18(11-15)25-5)27-19-13(3)9-16(10-14(19)4)22-20(23)21(24)26-6/h7-12H,1-6H3,(H,22,23). The lowest BCUT2D eigenvalue weighted by Gasteiger charge is -2.17. The van der Waals surface area contributed by atoms with Crippen LogP contribution >= 0.6 is 0 Å². The van der Waals surface area contributed by atoms with Gasteiger partial charge in [0.1, 0.15) is 5.75 Å². The van der Waals surface area contributed by atoms with E-state index in [1.807, 2.05) is 32.0 Å². The Morgan fingerprint density at radius 1 is 0.963 bits per heavy atom. The van der Waals surface area contributed by atoms with Crippen LogP contribution in [0.4, 0.5) is 5.69 Å². The minimum atomic E-state index is -0.944. The average molecular weight is 371 g/mol. The zero-order valence-corrected chi connectivity index (χ0v) is 16.5. The van der Waals surface area contributed by atoms with Crippen LogP contribution in [0.25, 0.3) is 0 Å². The van der Waals surface area contributed by atoms with E-state index in [1.165, 1.54) is 0 Å². The number of rotatable bonds is 5. The van der Waals surface area contributed by atoms with E-state index in [2.05, 4.69) is 23.9 Å². The summed E-state index contributed by atoms with van der Waals surface area (Å²) in [5, 5.41) is 2.51. The monoisotopic (exact) mass is 371 g/mol. The number of carbonyl (C=O) groups is 2. The molecule has 0 fully saturated rings. The van der Waals surface area contributed by atoms with Crippen LogP contribution in [0, 0.1) is 13.8 Å². The van der Waals surface area contributed by atoms with Crippen LogP contribution in [-0.2, 0) is 14.3 Å². The molecule has 6 nitrogen and oxygen atoms in total. The predicted octanol–water partition coefficient (Wildman–Crippen LogP) is 4.34. The summed E-state index contributed by atoms with van der Waals surface area (Å²) in [5.74, 6) is 0.551. The second-order valence-electron chi connectivity index (χ2n) is 6.55. The Morgan fingerprint density at radius 2 is 1.59 bits per heavy atom. The minimum Gasteiger partial charge on any atom is -0.493 e. The lowest BCUT2D eigenvalue weighted by atomic mass is 10.0. The number of amides is 1. The molecule has 2 aromatic rings. The highest BCUT2D eigenvalue weighted by Crippen LogP contribution is 2.37. The van der Waals surface area contributed by atoms with Crippen LogP contribution in [0.2, 0.25) is 0 Å². The largest absolute Gasteiger partial charge is 0.493 e. The smallest absolute Gasteiger partial charge is 0.396 e. The molecule has 0 heterocycles. The van der Waals surface area contributed by atoms with Gasteiger partial charge in [0.2, 0.25) is 0 Å². The van der Waals surface area contributed by atoms with Gasteiger partial charge in [0.05, 0.1) is 14.2 Å². The van der Waals surface area contributed by atoms with Crippen LogP contribution in [0.15, 0.2) is 30.3 Å². The first-order valence-electron chi connectivity index (χ1n) is 8.63. The van der Waals surface area contributed by atoms with Crippen molar-refractivity contribution in [3.63, 3.8) is 0 Å². The highest BCUT2D eigenvalue weighted by Gasteiger charge is 2.16. The molecule has 0 aromatic heterocycles. The third-order valence-corrected chi connectivity index (χ3v) is 4.16. The molecule has 0 saturated heterocycles. The summed E-state index contributed by atoms with van der Waals surface area (Å²) in [7, 11) is 2.77. The van der Waals surface area contributed by atoms with E-state index < -0.39 is 11.9 Å². The average Bonchev–Trinajstić information content (AvgIpc) is 2.63. The van der Waals surface area contributed by atoms with Gasteiger partial charge in [0.15, 0.2) is 11.5 Å². The fraction of sp³-hybridized carbons (Fsp3) is 0.333. The summed E-state index contributed by atoms with van der Waals surface area (Å²) in [6, 6.07) is 9.34. The predicted molar refractivity (Wildman–Crippen MR) is 104 cm³/mol. The normalized spacial score (nSPS) is 10.5. The Labute approximate surface area is 159 Å². The molecule has 0 bridgehead atoms. The number of ether oxygens (including phenoxy) is 3. The molecule has 0 saturated carbocycles. The zero-order valence-electron chi connectivity index (χ0n) is 16.5. The number of aryl methyl sites for hydroxylation is 2. The van der Waals surface area contributed by atoms with Crippen molar-refractivity contribution in [3.8, 4) is 17.2 Å². The fourth-order valence-corrected chi connectivity index (χ4v) is 2.70. The van der Waals surface area contributed by atoms with Crippen LogP contribution in [0.3, 0.4) is 0 Å². The first-order valence-corrected chi connectivity index (χ1v) is 8.63. The van der Waals surface area contributed by atoms with Crippen molar-refractivity contribution in [2.45, 2.75) is 33.6 Å². The number of anilines is 1. The molecule has 0 aliphatic carbocycles. The van der Waals surface area contributed by atoms with E-state index in [4.69, 9.17) is 9.47 Å². The van der Waals surface area contributed by atoms with Gasteiger partial charge in [0.25, 0.3) is 0 Å². The first kappa shape index (κ1) is 20.3. The minimum absolute atomic E-state index is 0.383. The molecule has 2 aromatic carbocycles. The number of methoxy groups -OCH3 is 2. The molecule has 144 valence electrons. The molecule has 0 atom stereocenters. The number of nitrogens with one attached hydrogen (secondary N) is 1. The Morgan fingerprint density at radius 3 is 2.11 bits per heavy atom. The van der Waals surface area contributed by atoms with Gasteiger partial charge in [-0.2, -0.15) is 0 Å². The molecule has 27 heavy (non-hydrogen) atoms. The fourth-order valence-electron chi connectivity index (χ4n) is 2.70. The van der Waals surface area contributed by atoms with Gasteiger partial charge in [-0.25, -0.2) is 4.79 Å². The zero-order chi connectivity index (χ0) is 20.1. The van der Waals surface area contributed by atoms with Crippen molar-refractivity contribution in [3.05, 3.63) is 47.0 Å². The lowest BCUT2D eigenvalue weighted by Crippen LogP contribution is -2.23. The van der Waals surface area contributed by atoms with Crippen LogP contribution in [0.1, 0.15) is 36.5 Å². The third kappa shape index (κ3) is 4.78. The van der Waals surface area contributed by atoms with Crippen LogP contribution < -0.4 is 14.8 Å². The summed E-state index contributed by atoms with van der Waals surface area (Å²) in [6.07, 6.45) is 0. The van der Waals surface area contributed by atoms with Gasteiger partial charge in [-0.1, -0.05) is 19.9 Å². The SMILES string of the molecule is COC(=O)C(=O)Nc1cc(C)c(Oc2ccc(C(C)C)cc2OC)c(C)c1.